The van der Waals surface area contributed by atoms with Gasteiger partial charge >= 0.3 is 12.2 Å². The summed E-state index contributed by atoms with van der Waals surface area (Å²) in [6.07, 6.45) is -4.29. The van der Waals surface area contributed by atoms with Crippen molar-refractivity contribution in [2.45, 2.75) is 18.6 Å². The number of nitrogen functional groups attached to an aromatic ring is 1. The molecule has 1 aromatic heterocycles. The van der Waals surface area contributed by atoms with Crippen LogP contribution in [0.15, 0.2) is 36.4 Å². The summed E-state index contributed by atoms with van der Waals surface area (Å²) < 4.78 is 68.5. The highest BCUT2D eigenvalue weighted by Gasteiger charge is 2.41. The number of hydrogen-bond donors (Lipinski definition) is 3. The number of hydrogen-bond acceptors (Lipinski definition) is 3. The van der Waals surface area contributed by atoms with Crippen LogP contribution in [-0.4, -0.2) is 22.5 Å². The van der Waals surface area contributed by atoms with Crippen LogP contribution in [0.3, 0.4) is 0 Å². The SMILES string of the molecule is Nc1cc(-c2nc3c(F)cc(C(F)(F)F)cc3[nH]2)c2c3c1CCN3C(=O)N[C@H]2c1cc(F)ccc1Cl. The number of nitrogens with zero attached hydrogens (tertiary/aromatic N) is 2. The van der Waals surface area contributed by atoms with E-state index in [4.69, 9.17) is 17.3 Å². The Morgan fingerprint density at radius 2 is 1.92 bits per heavy atom. The lowest BCUT2D eigenvalue weighted by molar-refractivity contribution is -0.137. The predicted octanol–water partition coefficient (Wildman–Crippen LogP) is 5.94. The lowest BCUT2D eigenvalue weighted by atomic mass is 9.88. The molecule has 2 aliphatic heterocycles. The van der Waals surface area contributed by atoms with Gasteiger partial charge in [-0.2, -0.15) is 13.2 Å². The minimum atomic E-state index is -4.76. The number of nitrogens with two attached hydrogens (primary N) is 1. The largest absolute Gasteiger partial charge is 0.416 e. The molecule has 12 heteroatoms. The van der Waals surface area contributed by atoms with Gasteiger partial charge in [-0.05, 0) is 42.8 Å². The van der Waals surface area contributed by atoms with Crippen molar-refractivity contribution in [3.8, 4) is 11.4 Å². The van der Waals surface area contributed by atoms with E-state index in [0.717, 1.165) is 6.07 Å². The Kier molecular flexibility index (Phi) is 4.75. The van der Waals surface area contributed by atoms with Gasteiger partial charge in [0.25, 0.3) is 0 Å². The molecule has 0 spiro atoms. The molecule has 3 heterocycles. The van der Waals surface area contributed by atoms with Gasteiger partial charge in [0, 0.05) is 39.5 Å². The molecule has 4 aromatic rings. The number of alkyl halides is 3. The quantitative estimate of drug-likeness (QED) is 0.226. The Labute approximate surface area is 204 Å². The van der Waals surface area contributed by atoms with E-state index in [1.165, 1.54) is 23.1 Å². The average molecular weight is 520 g/mol. The van der Waals surface area contributed by atoms with Gasteiger partial charge in [-0.3, -0.25) is 4.90 Å². The molecule has 0 saturated heterocycles. The minimum Gasteiger partial charge on any atom is -0.398 e. The van der Waals surface area contributed by atoms with Gasteiger partial charge in [0.15, 0.2) is 5.82 Å². The maximum Gasteiger partial charge on any atom is 0.416 e. The van der Waals surface area contributed by atoms with Crippen molar-refractivity contribution in [2.24, 2.45) is 0 Å². The number of imidazole rings is 1. The number of fused-ring (bicyclic) bond motifs is 1. The average Bonchev–Trinajstić information content (AvgIpc) is 3.44. The van der Waals surface area contributed by atoms with Crippen molar-refractivity contribution in [1.29, 1.82) is 0 Å². The normalized spacial score (nSPS) is 17.0. The highest BCUT2D eigenvalue weighted by atomic mass is 35.5. The first-order chi connectivity index (χ1) is 17.0. The van der Waals surface area contributed by atoms with Crippen molar-refractivity contribution in [1.82, 2.24) is 15.3 Å². The van der Waals surface area contributed by atoms with E-state index < -0.39 is 35.4 Å². The Morgan fingerprint density at radius 1 is 1.14 bits per heavy atom. The van der Waals surface area contributed by atoms with Crippen molar-refractivity contribution in [2.75, 3.05) is 17.2 Å². The molecular formula is C24H15ClF5N5O. The predicted molar refractivity (Wildman–Crippen MR) is 124 cm³/mol. The van der Waals surface area contributed by atoms with Crippen LogP contribution >= 0.6 is 11.6 Å². The summed E-state index contributed by atoms with van der Waals surface area (Å²) in [5.74, 6) is -1.69. The van der Waals surface area contributed by atoms with E-state index in [1.807, 2.05) is 0 Å². The fourth-order valence-corrected chi connectivity index (χ4v) is 5.18. The van der Waals surface area contributed by atoms with Gasteiger partial charge in [-0.1, -0.05) is 11.6 Å². The molecule has 4 N–H and O–H groups in total. The summed E-state index contributed by atoms with van der Waals surface area (Å²) in [6, 6.07) is 5.08. The highest BCUT2D eigenvalue weighted by Crippen LogP contribution is 2.49. The number of halogens is 6. The molecule has 0 unspecified atom stereocenters. The molecule has 0 fully saturated rings. The topological polar surface area (TPSA) is 87.0 Å². The molecule has 0 aliphatic carbocycles. The smallest absolute Gasteiger partial charge is 0.398 e. The van der Waals surface area contributed by atoms with Gasteiger partial charge < -0.3 is 16.0 Å². The maximum atomic E-state index is 14.6. The summed E-state index contributed by atoms with van der Waals surface area (Å²) in [6.45, 7) is 0.342. The second kappa shape index (κ2) is 7.57. The molecule has 0 radical (unpaired) electrons. The van der Waals surface area contributed by atoms with Crippen LogP contribution in [0.2, 0.25) is 5.02 Å². The van der Waals surface area contributed by atoms with Crippen molar-refractivity contribution in [3.05, 3.63) is 75.3 Å². The molecule has 184 valence electrons. The summed E-state index contributed by atoms with van der Waals surface area (Å²) in [5.41, 5.74) is 7.26. The fraction of sp³-hybridized carbons (Fsp3) is 0.167. The third kappa shape index (κ3) is 3.29. The van der Waals surface area contributed by atoms with Gasteiger partial charge in [0.1, 0.15) is 17.2 Å². The maximum absolute atomic E-state index is 14.6. The number of anilines is 2. The van der Waals surface area contributed by atoms with Crippen LogP contribution in [0, 0.1) is 11.6 Å². The zero-order chi connectivity index (χ0) is 25.5. The van der Waals surface area contributed by atoms with E-state index in [2.05, 4.69) is 15.3 Å². The van der Waals surface area contributed by atoms with Gasteiger partial charge in [0.05, 0.1) is 22.8 Å². The second-order valence-electron chi connectivity index (χ2n) is 8.64. The minimum absolute atomic E-state index is 0.0354. The van der Waals surface area contributed by atoms with E-state index in [0.29, 0.717) is 47.1 Å². The monoisotopic (exact) mass is 519 g/mol. The molecule has 36 heavy (non-hydrogen) atoms. The lowest BCUT2D eigenvalue weighted by Gasteiger charge is -2.35. The van der Waals surface area contributed by atoms with Crippen LogP contribution in [0.1, 0.15) is 28.3 Å². The van der Waals surface area contributed by atoms with Gasteiger partial charge in [-0.15, -0.1) is 0 Å². The number of carbonyl (C=O) groups excluding carboxylic acids is 1. The second-order valence-corrected chi connectivity index (χ2v) is 9.05. The molecule has 3 aromatic carbocycles. The molecule has 6 nitrogen and oxygen atoms in total. The van der Waals surface area contributed by atoms with Gasteiger partial charge in [-0.25, -0.2) is 18.6 Å². The van der Waals surface area contributed by atoms with Crippen molar-refractivity contribution >= 4 is 40.0 Å². The number of H-pyrrole nitrogens is 1. The number of urea groups is 1. The number of carbonyl (C=O) groups is 1. The van der Waals surface area contributed by atoms with Crippen LogP contribution in [-0.2, 0) is 12.6 Å². The van der Waals surface area contributed by atoms with E-state index >= 15 is 0 Å². The van der Waals surface area contributed by atoms with Crippen LogP contribution < -0.4 is 16.0 Å². The van der Waals surface area contributed by atoms with Crippen LogP contribution in [0.25, 0.3) is 22.4 Å². The first-order valence-corrected chi connectivity index (χ1v) is 11.2. The summed E-state index contributed by atoms with van der Waals surface area (Å²) in [4.78, 5) is 21.4. The van der Waals surface area contributed by atoms with Crippen LogP contribution in [0.5, 0.6) is 0 Å². The Balaban J connectivity index is 1.63. The number of aromatic amines is 1. The molecule has 6 rings (SSSR count). The fourth-order valence-electron chi connectivity index (χ4n) is 4.95. The molecule has 1 atom stereocenters. The molecule has 0 saturated carbocycles. The number of nitrogens with one attached hydrogen (secondary N) is 2. The van der Waals surface area contributed by atoms with Crippen molar-refractivity contribution < 1.29 is 26.7 Å². The number of aromatic nitrogens is 2. The zero-order valence-corrected chi connectivity index (χ0v) is 18.9. The van der Waals surface area contributed by atoms with E-state index in [9.17, 15) is 26.7 Å². The highest BCUT2D eigenvalue weighted by molar-refractivity contribution is 6.31. The molecular weight excluding hydrogens is 505 g/mol. The van der Waals surface area contributed by atoms with E-state index in [-0.39, 0.29) is 27.4 Å². The molecule has 0 bridgehead atoms. The molecule has 2 amide bonds. The lowest BCUT2D eigenvalue weighted by Crippen LogP contribution is -2.46. The van der Waals surface area contributed by atoms with Gasteiger partial charge in [0.2, 0.25) is 0 Å². The Hall–Kier alpha value is -3.86. The van der Waals surface area contributed by atoms with Crippen LogP contribution in [0.4, 0.5) is 38.1 Å². The third-order valence-electron chi connectivity index (χ3n) is 6.53. The first kappa shape index (κ1) is 22.6. The summed E-state index contributed by atoms with van der Waals surface area (Å²) >= 11 is 6.37. The Bertz CT molecular complexity index is 1600. The number of amides is 2. The summed E-state index contributed by atoms with van der Waals surface area (Å²) in [5, 5.41) is 3.02. The summed E-state index contributed by atoms with van der Waals surface area (Å²) in [7, 11) is 0. The standard InChI is InChI=1S/C24H15ClF5N5O/c25-14-2-1-10(26)7-12(14)19-18-13(8-16(31)11-3-4-35(21(11)18)23(36)34-19)22-32-17-6-9(24(28,29)30)5-15(27)20(17)33-22/h1-2,5-8,19H,3-4,31H2,(H,32,33)(H,34,36)/t19-/m0/s1. The number of benzene rings is 3. The van der Waals surface area contributed by atoms with Crippen molar-refractivity contribution in [3.63, 3.8) is 0 Å². The Morgan fingerprint density at radius 3 is 2.67 bits per heavy atom. The first-order valence-electron chi connectivity index (χ1n) is 10.8. The zero-order valence-electron chi connectivity index (χ0n) is 18.1. The number of rotatable bonds is 2. The molecule has 2 aliphatic rings. The third-order valence-corrected chi connectivity index (χ3v) is 6.87. The van der Waals surface area contributed by atoms with E-state index in [1.54, 1.807) is 6.07 Å².